The second kappa shape index (κ2) is 5.73. The van der Waals surface area contributed by atoms with E-state index in [1.807, 2.05) is 5.06 Å². The average Bonchev–Trinajstić information content (AvgIpc) is 2.33. The number of hydroxylamine groups is 2. The van der Waals surface area contributed by atoms with Crippen LogP contribution in [0.4, 0.5) is 13.2 Å². The molecular formula is C16H28F3NO. The molecule has 1 aliphatic carbocycles. The summed E-state index contributed by atoms with van der Waals surface area (Å²) in [4.78, 5) is 6.02. The number of hydrogen-bond donors (Lipinski definition) is 0. The lowest BCUT2D eigenvalue weighted by atomic mass is 9.82. The fraction of sp³-hybridized carbons (Fsp3) is 1.00. The van der Waals surface area contributed by atoms with Crippen LogP contribution in [0.15, 0.2) is 0 Å². The Balaban J connectivity index is 2.17. The summed E-state index contributed by atoms with van der Waals surface area (Å²) in [5.41, 5.74) is -0.426. The number of alkyl halides is 3. The van der Waals surface area contributed by atoms with E-state index in [1.54, 1.807) is 0 Å². The minimum atomic E-state index is -4.16. The van der Waals surface area contributed by atoms with Crippen LogP contribution in [0.2, 0.25) is 0 Å². The lowest BCUT2D eigenvalue weighted by molar-refractivity contribution is -0.336. The molecule has 1 saturated carbocycles. The standard InChI is InChI=1S/C16H28F3NO/c1-14(2)10-7-11-15(3,4)20(14)21-13-9-6-5-8-12(13)16(17,18)19/h12-13H,5-11H2,1-4H3. The Hall–Kier alpha value is -0.290. The maximum atomic E-state index is 13.2. The highest BCUT2D eigenvalue weighted by Gasteiger charge is 2.50. The van der Waals surface area contributed by atoms with Gasteiger partial charge in [-0.15, -0.1) is 0 Å². The molecule has 0 spiro atoms. The Morgan fingerprint density at radius 2 is 1.43 bits per heavy atom. The predicted octanol–water partition coefficient (Wildman–Crippen LogP) is 5.08. The lowest BCUT2D eigenvalue weighted by Gasteiger charge is -2.53. The summed E-state index contributed by atoms with van der Waals surface area (Å²) in [6, 6.07) is 0. The fourth-order valence-corrected chi connectivity index (χ4v) is 3.99. The molecule has 1 heterocycles. The Kier molecular flexibility index (Phi) is 4.66. The Morgan fingerprint density at radius 3 is 1.95 bits per heavy atom. The molecule has 1 saturated heterocycles. The van der Waals surface area contributed by atoms with E-state index in [4.69, 9.17) is 4.84 Å². The SMILES string of the molecule is CC1(C)CCCC(C)(C)N1OC1CCCCC1C(F)(F)F. The minimum absolute atomic E-state index is 0.197. The monoisotopic (exact) mass is 307 g/mol. The highest BCUT2D eigenvalue weighted by Crippen LogP contribution is 2.44. The zero-order valence-electron chi connectivity index (χ0n) is 13.6. The molecule has 1 aliphatic heterocycles. The topological polar surface area (TPSA) is 12.5 Å². The van der Waals surface area contributed by atoms with Gasteiger partial charge in [-0.05, 0) is 59.8 Å². The van der Waals surface area contributed by atoms with Crippen molar-refractivity contribution >= 4 is 0 Å². The van der Waals surface area contributed by atoms with Crippen molar-refractivity contribution in [1.82, 2.24) is 5.06 Å². The van der Waals surface area contributed by atoms with E-state index < -0.39 is 18.2 Å². The molecule has 2 unspecified atom stereocenters. The summed E-state index contributed by atoms with van der Waals surface area (Å²) < 4.78 is 39.7. The van der Waals surface area contributed by atoms with Crippen molar-refractivity contribution in [2.75, 3.05) is 0 Å². The van der Waals surface area contributed by atoms with Gasteiger partial charge in [0.25, 0.3) is 0 Å². The molecular weight excluding hydrogens is 279 g/mol. The van der Waals surface area contributed by atoms with Crippen molar-refractivity contribution in [3.8, 4) is 0 Å². The summed E-state index contributed by atoms with van der Waals surface area (Å²) in [5.74, 6) is -1.32. The number of halogens is 3. The molecule has 0 bridgehead atoms. The third-order valence-electron chi connectivity index (χ3n) is 5.04. The van der Waals surface area contributed by atoms with E-state index in [0.29, 0.717) is 12.8 Å². The van der Waals surface area contributed by atoms with Gasteiger partial charge in [0.1, 0.15) is 0 Å². The zero-order valence-corrected chi connectivity index (χ0v) is 13.6. The normalized spacial score (nSPS) is 33.9. The van der Waals surface area contributed by atoms with Gasteiger partial charge in [-0.25, -0.2) is 0 Å². The zero-order chi connectivity index (χ0) is 15.9. The van der Waals surface area contributed by atoms with Gasteiger partial charge in [0.15, 0.2) is 0 Å². The highest BCUT2D eigenvalue weighted by atomic mass is 19.4. The van der Waals surface area contributed by atoms with Gasteiger partial charge < -0.3 is 0 Å². The average molecular weight is 307 g/mol. The van der Waals surface area contributed by atoms with Gasteiger partial charge in [0.2, 0.25) is 0 Å². The van der Waals surface area contributed by atoms with E-state index >= 15 is 0 Å². The second-order valence-corrected chi connectivity index (χ2v) is 7.85. The van der Waals surface area contributed by atoms with Crippen molar-refractivity contribution in [1.29, 1.82) is 0 Å². The third kappa shape index (κ3) is 3.73. The largest absolute Gasteiger partial charge is 0.394 e. The van der Waals surface area contributed by atoms with Gasteiger partial charge in [-0.1, -0.05) is 12.8 Å². The molecule has 0 amide bonds. The molecule has 2 aliphatic rings. The van der Waals surface area contributed by atoms with Crippen LogP contribution in [0.25, 0.3) is 0 Å². The predicted molar refractivity (Wildman–Crippen MR) is 76.7 cm³/mol. The Bertz CT molecular complexity index is 349. The van der Waals surface area contributed by atoms with E-state index in [1.165, 1.54) is 0 Å². The maximum Gasteiger partial charge on any atom is 0.394 e. The van der Waals surface area contributed by atoms with Crippen molar-refractivity contribution in [2.24, 2.45) is 5.92 Å². The van der Waals surface area contributed by atoms with Crippen molar-refractivity contribution in [3.05, 3.63) is 0 Å². The van der Waals surface area contributed by atoms with Gasteiger partial charge >= 0.3 is 6.18 Å². The minimum Gasteiger partial charge on any atom is -0.294 e. The number of hydrogen-bond acceptors (Lipinski definition) is 2. The van der Waals surface area contributed by atoms with Crippen LogP contribution < -0.4 is 0 Å². The Labute approximate surface area is 126 Å². The van der Waals surface area contributed by atoms with Gasteiger partial charge in [0, 0.05) is 11.1 Å². The highest BCUT2D eigenvalue weighted by molar-refractivity contribution is 4.94. The molecule has 2 nitrogen and oxygen atoms in total. The number of piperidine rings is 1. The second-order valence-electron chi connectivity index (χ2n) is 7.85. The smallest absolute Gasteiger partial charge is 0.294 e. The van der Waals surface area contributed by atoms with Crippen molar-refractivity contribution in [2.45, 2.75) is 96.0 Å². The quantitative estimate of drug-likeness (QED) is 0.705. The number of nitrogens with zero attached hydrogens (tertiary/aromatic N) is 1. The third-order valence-corrected chi connectivity index (χ3v) is 5.04. The molecule has 0 aromatic heterocycles. The molecule has 0 radical (unpaired) electrons. The lowest BCUT2D eigenvalue weighted by Crippen LogP contribution is -2.60. The summed E-state index contributed by atoms with van der Waals surface area (Å²) in [6.07, 6.45) is 0.302. The summed E-state index contributed by atoms with van der Waals surface area (Å²) >= 11 is 0. The van der Waals surface area contributed by atoms with E-state index in [0.717, 1.165) is 25.7 Å². The van der Waals surface area contributed by atoms with Crippen LogP contribution in [0, 0.1) is 5.92 Å². The van der Waals surface area contributed by atoms with Crippen LogP contribution >= 0.6 is 0 Å². The first-order valence-corrected chi connectivity index (χ1v) is 8.08. The van der Waals surface area contributed by atoms with E-state index in [2.05, 4.69) is 27.7 Å². The van der Waals surface area contributed by atoms with Crippen LogP contribution in [0.5, 0.6) is 0 Å². The maximum absolute atomic E-state index is 13.2. The molecule has 2 atom stereocenters. The molecule has 2 rings (SSSR count). The molecule has 5 heteroatoms. The van der Waals surface area contributed by atoms with Crippen LogP contribution in [-0.2, 0) is 4.84 Å². The van der Waals surface area contributed by atoms with Crippen LogP contribution in [0.1, 0.15) is 72.6 Å². The summed E-state index contributed by atoms with van der Waals surface area (Å²) in [5, 5.41) is 1.87. The van der Waals surface area contributed by atoms with Gasteiger partial charge in [-0.2, -0.15) is 18.2 Å². The first kappa shape index (κ1) is 17.1. The molecule has 124 valence electrons. The van der Waals surface area contributed by atoms with Gasteiger partial charge in [0.05, 0.1) is 12.0 Å². The molecule has 0 aromatic carbocycles. The van der Waals surface area contributed by atoms with Crippen molar-refractivity contribution in [3.63, 3.8) is 0 Å². The Morgan fingerprint density at radius 1 is 0.905 bits per heavy atom. The van der Waals surface area contributed by atoms with Gasteiger partial charge in [-0.3, -0.25) is 4.84 Å². The fourth-order valence-electron chi connectivity index (χ4n) is 3.99. The van der Waals surface area contributed by atoms with E-state index in [9.17, 15) is 13.2 Å². The van der Waals surface area contributed by atoms with Crippen LogP contribution in [0.3, 0.4) is 0 Å². The number of rotatable bonds is 2. The first-order valence-electron chi connectivity index (χ1n) is 8.08. The molecule has 0 aromatic rings. The molecule has 2 fully saturated rings. The molecule has 0 N–H and O–H groups in total. The van der Waals surface area contributed by atoms with Crippen LogP contribution in [-0.4, -0.2) is 28.4 Å². The molecule has 21 heavy (non-hydrogen) atoms. The van der Waals surface area contributed by atoms with E-state index in [-0.39, 0.29) is 17.5 Å². The summed E-state index contributed by atoms with van der Waals surface area (Å²) in [6.45, 7) is 8.28. The van der Waals surface area contributed by atoms with Crippen molar-refractivity contribution < 1.29 is 18.0 Å². The first-order chi connectivity index (χ1) is 9.54. The summed E-state index contributed by atoms with van der Waals surface area (Å²) in [7, 11) is 0.